The molecule has 4 rings (SSSR count). The van der Waals surface area contributed by atoms with Crippen LogP contribution in [0, 0.1) is 0 Å². The number of benzene rings is 1. The molecule has 1 atom stereocenters. The van der Waals surface area contributed by atoms with E-state index in [1.807, 2.05) is 30.3 Å². The van der Waals surface area contributed by atoms with Crippen LogP contribution in [-0.2, 0) is 24.4 Å². The minimum atomic E-state index is -5.84. The second-order valence-electron chi connectivity index (χ2n) is 11.2. The van der Waals surface area contributed by atoms with Crippen LogP contribution in [0.5, 0.6) is 0 Å². The molecule has 2 aliphatic rings. The van der Waals surface area contributed by atoms with Crippen LogP contribution >= 0.6 is 0 Å². The van der Waals surface area contributed by atoms with Gasteiger partial charge in [-0.3, -0.25) is 18.9 Å². The first-order valence-electron chi connectivity index (χ1n) is 15.6. The molecule has 2 fully saturated rings. The minimum Gasteiger partial charge on any atom is -0.481 e. The number of nitrogens with zero attached hydrogens (tertiary/aromatic N) is 4. The predicted molar refractivity (Wildman–Crippen MR) is 169 cm³/mol. The van der Waals surface area contributed by atoms with Crippen LogP contribution in [-0.4, -0.2) is 112 Å². The number of carboxylic acid groups (broad SMARTS) is 1. The highest BCUT2D eigenvalue weighted by Crippen LogP contribution is 2.24. The van der Waals surface area contributed by atoms with E-state index >= 15 is 0 Å². The van der Waals surface area contributed by atoms with Crippen molar-refractivity contribution in [2.75, 3.05) is 38.1 Å². The van der Waals surface area contributed by atoms with Crippen molar-refractivity contribution in [2.24, 2.45) is 0 Å². The molecule has 1 unspecified atom stereocenters. The molecule has 3 amide bonds. The van der Waals surface area contributed by atoms with Crippen LogP contribution < -0.4 is 10.6 Å². The highest BCUT2D eigenvalue weighted by Gasteiger charge is 2.44. The van der Waals surface area contributed by atoms with Crippen molar-refractivity contribution in [3.05, 3.63) is 42.1 Å². The van der Waals surface area contributed by atoms with E-state index in [4.69, 9.17) is 17.7 Å². The van der Waals surface area contributed by atoms with Gasteiger partial charge in [-0.15, -0.1) is 0 Å². The number of hydrogen-bond donors (Lipinski definition) is 4. The Morgan fingerprint density at radius 1 is 1.00 bits per heavy atom. The van der Waals surface area contributed by atoms with E-state index < -0.39 is 45.5 Å². The lowest BCUT2D eigenvalue weighted by molar-refractivity contribution is -0.138. The molecule has 49 heavy (non-hydrogen) atoms. The van der Waals surface area contributed by atoms with Crippen LogP contribution in [0.1, 0.15) is 62.4 Å². The summed E-state index contributed by atoms with van der Waals surface area (Å²) in [6.07, 6.45) is 4.67. The lowest BCUT2D eigenvalue weighted by atomic mass is 9.95. The lowest BCUT2D eigenvalue weighted by Gasteiger charge is -2.35. The van der Waals surface area contributed by atoms with Crippen molar-refractivity contribution < 1.29 is 55.2 Å². The number of amides is 3. The monoisotopic (exact) mass is 716 g/mol. The van der Waals surface area contributed by atoms with Crippen molar-refractivity contribution in [1.82, 2.24) is 25.1 Å². The molecule has 0 bridgehead atoms. The molecule has 1 aliphatic carbocycles. The Labute approximate surface area is 281 Å². The normalized spacial score (nSPS) is 16.1. The molecule has 1 saturated carbocycles. The topological polar surface area (TPSA) is 208 Å². The Morgan fingerprint density at radius 3 is 2.14 bits per heavy atom. The molecule has 270 valence electrons. The van der Waals surface area contributed by atoms with Gasteiger partial charge in [0.05, 0.1) is 6.61 Å². The molecule has 0 spiro atoms. The Hall–Kier alpha value is -4.52. The number of carbonyl (C=O) groups is 4. The molecule has 2 aromatic rings. The van der Waals surface area contributed by atoms with E-state index in [9.17, 15) is 37.5 Å². The molecule has 1 aromatic heterocycles. The fraction of sp³-hybridized carbons (Fsp3) is 0.533. The Balaban J connectivity index is 0.000000723. The van der Waals surface area contributed by atoms with Crippen LogP contribution in [0.2, 0.25) is 0 Å². The van der Waals surface area contributed by atoms with Crippen LogP contribution in [0.15, 0.2) is 36.4 Å². The molecular formula is C30H39F3N6O9S. The summed E-state index contributed by atoms with van der Waals surface area (Å²) >= 11 is 0. The maximum Gasteiger partial charge on any atom is 0.522 e. The second kappa shape index (κ2) is 17.8. The number of anilines is 1. The predicted octanol–water partition coefficient (Wildman–Crippen LogP) is 3.55. The van der Waals surface area contributed by atoms with Gasteiger partial charge in [0.25, 0.3) is 5.91 Å². The largest absolute Gasteiger partial charge is 0.522 e. The number of halogens is 3. The zero-order valence-electron chi connectivity index (χ0n) is 26.7. The molecule has 4 N–H and O–H groups in total. The van der Waals surface area contributed by atoms with Crippen LogP contribution in [0.4, 0.5) is 23.8 Å². The highest BCUT2D eigenvalue weighted by atomic mass is 32.2. The Bertz CT molecular complexity index is 1550. The van der Waals surface area contributed by atoms with Crippen molar-refractivity contribution in [1.29, 1.82) is 0 Å². The van der Waals surface area contributed by atoms with Crippen molar-refractivity contribution >= 4 is 39.8 Å². The summed E-state index contributed by atoms with van der Waals surface area (Å²) in [4.78, 5) is 62.5. The van der Waals surface area contributed by atoms with E-state index in [1.54, 1.807) is 13.0 Å². The zero-order chi connectivity index (χ0) is 36.2. The van der Waals surface area contributed by atoms with Gasteiger partial charge in [0.2, 0.25) is 5.91 Å². The van der Waals surface area contributed by atoms with E-state index in [-0.39, 0.29) is 57.4 Å². The first kappa shape index (κ1) is 38.9. The number of aromatic nitrogens is 2. The van der Waals surface area contributed by atoms with Crippen LogP contribution in [0.3, 0.4) is 0 Å². The maximum atomic E-state index is 13.5. The smallest absolute Gasteiger partial charge is 0.481 e. The quantitative estimate of drug-likeness (QED) is 0.206. The molecule has 1 saturated heterocycles. The summed E-state index contributed by atoms with van der Waals surface area (Å²) in [5, 5.41) is 15.5. The number of ether oxygens (including phenoxy) is 1. The molecule has 15 nitrogen and oxygen atoms in total. The van der Waals surface area contributed by atoms with Gasteiger partial charge in [0.1, 0.15) is 17.6 Å². The number of rotatable bonds is 10. The third kappa shape index (κ3) is 12.1. The SMILES string of the molecule is CCOC(=O)N1CCN(C(=O)C(CCC(=O)O)NC(=O)c2cc(NC3CCCCC3)nc(-c3ccccc3)n2)CC1.O=S(=O)(O)C(F)(F)F. The number of carbonyl (C=O) groups excluding carboxylic acids is 3. The molecule has 0 radical (unpaired) electrons. The number of nitrogens with one attached hydrogen (secondary N) is 2. The van der Waals surface area contributed by atoms with E-state index in [0.29, 0.717) is 11.6 Å². The first-order valence-corrected chi connectivity index (χ1v) is 17.0. The van der Waals surface area contributed by atoms with Gasteiger partial charge in [-0.1, -0.05) is 49.6 Å². The molecule has 19 heteroatoms. The number of alkyl halides is 3. The standard InChI is InChI=1S/C29H38N6O6.CHF3O3S/c1-2-41-29(40)35-17-15-34(16-18-35)28(39)22(13-14-25(36)37)32-27(38)23-19-24(30-21-11-7-4-8-12-21)33-26(31-23)20-9-5-3-6-10-20;2-1(3,4)8(5,6)7/h3,5-6,9-10,19,21-22H,2,4,7-8,11-18H2,1H3,(H,32,38)(H,36,37)(H,30,31,33);(H,5,6,7). The number of aliphatic carboxylic acids is 1. The summed E-state index contributed by atoms with van der Waals surface area (Å²) < 4.78 is 62.6. The van der Waals surface area contributed by atoms with E-state index in [2.05, 4.69) is 20.6 Å². The van der Waals surface area contributed by atoms with Crippen LogP contribution in [0.25, 0.3) is 11.4 Å². The van der Waals surface area contributed by atoms with Gasteiger partial charge in [0.15, 0.2) is 5.82 Å². The average molecular weight is 717 g/mol. The Kier molecular flexibility index (Phi) is 14.1. The first-order chi connectivity index (χ1) is 23.1. The molecule has 1 aliphatic heterocycles. The second-order valence-corrected chi connectivity index (χ2v) is 12.6. The fourth-order valence-electron chi connectivity index (χ4n) is 5.11. The minimum absolute atomic E-state index is 0.0809. The van der Waals surface area contributed by atoms with Gasteiger partial charge >= 0.3 is 27.7 Å². The third-order valence-corrected chi connectivity index (χ3v) is 8.19. The molecule has 1 aromatic carbocycles. The molecule has 2 heterocycles. The van der Waals surface area contributed by atoms with Gasteiger partial charge in [0, 0.05) is 50.3 Å². The highest BCUT2D eigenvalue weighted by molar-refractivity contribution is 7.86. The van der Waals surface area contributed by atoms with Crippen molar-refractivity contribution in [3.8, 4) is 11.4 Å². The maximum absolute atomic E-state index is 13.5. The van der Waals surface area contributed by atoms with Gasteiger partial charge in [-0.2, -0.15) is 21.6 Å². The van der Waals surface area contributed by atoms with Gasteiger partial charge in [-0.05, 0) is 26.2 Å². The molecular weight excluding hydrogens is 677 g/mol. The van der Waals surface area contributed by atoms with Gasteiger partial charge < -0.3 is 30.3 Å². The average Bonchev–Trinajstić information content (AvgIpc) is 3.06. The lowest BCUT2D eigenvalue weighted by Crippen LogP contribution is -2.56. The fourth-order valence-corrected chi connectivity index (χ4v) is 5.11. The van der Waals surface area contributed by atoms with E-state index in [1.165, 1.54) is 16.2 Å². The number of carboxylic acids is 1. The third-order valence-electron chi connectivity index (χ3n) is 7.61. The number of piperazine rings is 1. The summed E-state index contributed by atoms with van der Waals surface area (Å²) in [5.41, 5.74) is -4.71. The number of hydrogen-bond acceptors (Lipinski definition) is 10. The van der Waals surface area contributed by atoms with E-state index in [0.717, 1.165) is 31.2 Å². The summed E-state index contributed by atoms with van der Waals surface area (Å²) in [7, 11) is -5.84. The summed E-state index contributed by atoms with van der Waals surface area (Å²) in [6, 6.07) is 10.1. The summed E-state index contributed by atoms with van der Waals surface area (Å²) in [6.45, 7) is 3.05. The summed E-state index contributed by atoms with van der Waals surface area (Å²) in [5.74, 6) is -1.16. The zero-order valence-corrected chi connectivity index (χ0v) is 27.5. The van der Waals surface area contributed by atoms with Crippen molar-refractivity contribution in [3.63, 3.8) is 0 Å². The van der Waals surface area contributed by atoms with Crippen molar-refractivity contribution in [2.45, 2.75) is 69.5 Å². The Morgan fingerprint density at radius 2 is 1.59 bits per heavy atom. The van der Waals surface area contributed by atoms with Gasteiger partial charge in [-0.25, -0.2) is 14.8 Å².